The summed E-state index contributed by atoms with van der Waals surface area (Å²) in [5.41, 5.74) is 1.55. The van der Waals surface area contributed by atoms with Crippen molar-refractivity contribution in [1.82, 2.24) is 9.80 Å². The number of hydrogen-bond donors (Lipinski definition) is 0. The molecule has 1 atom stereocenters. The van der Waals surface area contributed by atoms with E-state index in [1.807, 2.05) is 0 Å². The number of nitrogens with zero attached hydrogens (tertiary/aromatic N) is 2. The van der Waals surface area contributed by atoms with Gasteiger partial charge in [-0.15, -0.1) is 0 Å². The smallest absolute Gasteiger partial charge is 0.101 e. The maximum atomic E-state index is 2.59. The molecular weight excluding hydrogens is 220 g/mol. The highest BCUT2D eigenvalue weighted by molar-refractivity contribution is 5.09. The van der Waals surface area contributed by atoms with Gasteiger partial charge in [0, 0.05) is 25.5 Å². The molecule has 0 fully saturated rings. The molecule has 0 saturated carbocycles. The Morgan fingerprint density at radius 1 is 1.00 bits per heavy atom. The molecule has 0 aliphatic carbocycles. The van der Waals surface area contributed by atoms with Crippen LogP contribution in [0.25, 0.3) is 0 Å². The highest BCUT2D eigenvalue weighted by Crippen LogP contribution is 2.28. The van der Waals surface area contributed by atoms with E-state index in [4.69, 9.17) is 0 Å². The SMILES string of the molecule is CCCCC1=CN(CCCC)C(CCCC)N1C. The molecule has 0 radical (unpaired) electrons. The Morgan fingerprint density at radius 3 is 2.28 bits per heavy atom. The second kappa shape index (κ2) is 8.44. The molecule has 1 aliphatic rings. The van der Waals surface area contributed by atoms with E-state index in [0.29, 0.717) is 6.17 Å². The van der Waals surface area contributed by atoms with Gasteiger partial charge in [0.1, 0.15) is 6.17 Å². The highest BCUT2D eigenvalue weighted by Gasteiger charge is 2.27. The Bertz CT molecular complexity index is 247. The first-order chi connectivity index (χ1) is 8.74. The summed E-state index contributed by atoms with van der Waals surface area (Å²) in [6, 6.07) is 0. The fourth-order valence-electron chi connectivity index (χ4n) is 2.68. The van der Waals surface area contributed by atoms with Crippen LogP contribution in [0.4, 0.5) is 0 Å². The van der Waals surface area contributed by atoms with Gasteiger partial charge in [-0.2, -0.15) is 0 Å². The largest absolute Gasteiger partial charge is 0.356 e. The van der Waals surface area contributed by atoms with E-state index in [-0.39, 0.29) is 0 Å². The monoisotopic (exact) mass is 252 g/mol. The standard InChI is InChI=1S/C16H32N2/c1-5-8-11-15-14-18(13-10-7-3)16(17(15)4)12-9-6-2/h14,16H,5-13H2,1-4H3. The fourth-order valence-corrected chi connectivity index (χ4v) is 2.68. The molecule has 0 aromatic carbocycles. The first-order valence-corrected chi connectivity index (χ1v) is 7.93. The van der Waals surface area contributed by atoms with Crippen LogP contribution >= 0.6 is 0 Å². The van der Waals surface area contributed by atoms with Gasteiger partial charge in [0.2, 0.25) is 0 Å². The van der Waals surface area contributed by atoms with E-state index in [1.165, 1.54) is 57.9 Å². The summed E-state index contributed by atoms with van der Waals surface area (Å²) < 4.78 is 0. The minimum atomic E-state index is 0.628. The van der Waals surface area contributed by atoms with Crippen LogP contribution in [0.15, 0.2) is 11.9 Å². The lowest BCUT2D eigenvalue weighted by atomic mass is 10.1. The Labute approximate surface area is 114 Å². The molecule has 0 aromatic heterocycles. The van der Waals surface area contributed by atoms with Crippen molar-refractivity contribution in [1.29, 1.82) is 0 Å². The lowest BCUT2D eigenvalue weighted by molar-refractivity contribution is 0.152. The van der Waals surface area contributed by atoms with Gasteiger partial charge in [-0.25, -0.2) is 0 Å². The van der Waals surface area contributed by atoms with Gasteiger partial charge in [0.05, 0.1) is 0 Å². The summed E-state index contributed by atoms with van der Waals surface area (Å²) in [5, 5.41) is 0. The van der Waals surface area contributed by atoms with E-state index in [9.17, 15) is 0 Å². The first-order valence-electron chi connectivity index (χ1n) is 7.93. The predicted octanol–water partition coefficient (Wildman–Crippen LogP) is 4.58. The van der Waals surface area contributed by atoms with Crippen LogP contribution < -0.4 is 0 Å². The third-order valence-corrected chi connectivity index (χ3v) is 3.97. The van der Waals surface area contributed by atoms with Crippen molar-refractivity contribution in [2.24, 2.45) is 0 Å². The molecule has 18 heavy (non-hydrogen) atoms. The average molecular weight is 252 g/mol. The van der Waals surface area contributed by atoms with Crippen molar-refractivity contribution in [2.45, 2.75) is 78.3 Å². The maximum Gasteiger partial charge on any atom is 0.101 e. The van der Waals surface area contributed by atoms with Crippen molar-refractivity contribution in [3.8, 4) is 0 Å². The van der Waals surface area contributed by atoms with Crippen LogP contribution in [0, 0.1) is 0 Å². The van der Waals surface area contributed by atoms with Gasteiger partial charge >= 0.3 is 0 Å². The zero-order chi connectivity index (χ0) is 13.4. The quantitative estimate of drug-likeness (QED) is 0.592. The molecule has 1 rings (SSSR count). The molecule has 1 unspecified atom stereocenters. The zero-order valence-corrected chi connectivity index (χ0v) is 12.9. The number of hydrogen-bond acceptors (Lipinski definition) is 2. The fraction of sp³-hybridized carbons (Fsp3) is 0.875. The van der Waals surface area contributed by atoms with Gasteiger partial charge in [-0.3, -0.25) is 0 Å². The third-order valence-electron chi connectivity index (χ3n) is 3.97. The Hall–Kier alpha value is -0.660. The van der Waals surface area contributed by atoms with Crippen molar-refractivity contribution in [2.75, 3.05) is 13.6 Å². The van der Waals surface area contributed by atoms with Gasteiger partial charge in [0.15, 0.2) is 0 Å². The van der Waals surface area contributed by atoms with Crippen molar-refractivity contribution in [3.05, 3.63) is 11.9 Å². The molecule has 0 saturated heterocycles. The number of rotatable bonds is 9. The molecule has 0 aromatic rings. The first kappa shape index (κ1) is 15.4. The maximum absolute atomic E-state index is 2.59. The van der Waals surface area contributed by atoms with Crippen LogP contribution in [0.2, 0.25) is 0 Å². The van der Waals surface area contributed by atoms with Crippen LogP contribution in [-0.2, 0) is 0 Å². The summed E-state index contributed by atoms with van der Waals surface area (Å²) in [6.45, 7) is 8.07. The van der Waals surface area contributed by atoms with Crippen LogP contribution in [-0.4, -0.2) is 29.6 Å². The molecule has 1 aliphatic heterocycles. The number of unbranched alkanes of at least 4 members (excludes halogenated alkanes) is 3. The Kier molecular flexibility index (Phi) is 7.22. The van der Waals surface area contributed by atoms with Gasteiger partial charge in [-0.05, 0) is 32.1 Å². The van der Waals surface area contributed by atoms with E-state index < -0.39 is 0 Å². The van der Waals surface area contributed by atoms with Gasteiger partial charge in [0.25, 0.3) is 0 Å². The summed E-state index contributed by atoms with van der Waals surface area (Å²) in [6.07, 6.45) is 13.5. The topological polar surface area (TPSA) is 6.48 Å². The zero-order valence-electron chi connectivity index (χ0n) is 12.9. The molecule has 0 spiro atoms. The van der Waals surface area contributed by atoms with Crippen LogP contribution in [0.1, 0.15) is 72.1 Å². The van der Waals surface area contributed by atoms with Crippen molar-refractivity contribution >= 4 is 0 Å². The van der Waals surface area contributed by atoms with E-state index in [1.54, 1.807) is 5.70 Å². The molecule has 106 valence electrons. The van der Waals surface area contributed by atoms with Crippen LogP contribution in [0.5, 0.6) is 0 Å². The van der Waals surface area contributed by atoms with Gasteiger partial charge < -0.3 is 9.80 Å². The van der Waals surface area contributed by atoms with Crippen molar-refractivity contribution in [3.63, 3.8) is 0 Å². The second-order valence-corrected chi connectivity index (χ2v) is 5.55. The van der Waals surface area contributed by atoms with Crippen LogP contribution in [0.3, 0.4) is 0 Å². The summed E-state index contributed by atoms with van der Waals surface area (Å²) in [7, 11) is 2.29. The molecule has 0 amide bonds. The van der Waals surface area contributed by atoms with E-state index in [0.717, 1.165) is 0 Å². The summed E-state index contributed by atoms with van der Waals surface area (Å²) >= 11 is 0. The minimum Gasteiger partial charge on any atom is -0.356 e. The van der Waals surface area contributed by atoms with Crippen molar-refractivity contribution < 1.29 is 0 Å². The molecular formula is C16H32N2. The van der Waals surface area contributed by atoms with Gasteiger partial charge in [-0.1, -0.05) is 40.0 Å². The molecule has 2 nitrogen and oxygen atoms in total. The van der Waals surface area contributed by atoms with E-state index in [2.05, 4.69) is 43.8 Å². The number of allylic oxidation sites excluding steroid dienone is 1. The second-order valence-electron chi connectivity index (χ2n) is 5.55. The molecule has 2 heteroatoms. The highest BCUT2D eigenvalue weighted by atomic mass is 15.4. The normalized spacial score (nSPS) is 19.6. The third kappa shape index (κ3) is 4.22. The molecule has 0 bridgehead atoms. The lowest BCUT2D eigenvalue weighted by Gasteiger charge is -2.32. The Balaban J connectivity index is 2.58. The lowest BCUT2D eigenvalue weighted by Crippen LogP contribution is -2.37. The predicted molar refractivity (Wildman–Crippen MR) is 80.3 cm³/mol. The summed E-state index contributed by atoms with van der Waals surface area (Å²) in [5.74, 6) is 0. The molecule has 1 heterocycles. The van der Waals surface area contributed by atoms with E-state index >= 15 is 0 Å². The average Bonchev–Trinajstić information content (AvgIpc) is 2.68. The minimum absolute atomic E-state index is 0.628. The Morgan fingerprint density at radius 2 is 1.67 bits per heavy atom. The summed E-state index contributed by atoms with van der Waals surface area (Å²) in [4.78, 5) is 5.12. The molecule has 0 N–H and O–H groups in total.